The van der Waals surface area contributed by atoms with Crippen LogP contribution in [0, 0.1) is 6.92 Å². The molecule has 1 heterocycles. The quantitative estimate of drug-likeness (QED) is 0.277. The highest BCUT2D eigenvalue weighted by atomic mass is 35.5. The number of aryl methyl sites for hydroxylation is 1. The molecule has 0 spiro atoms. The minimum Gasteiger partial charge on any atom is -0.392 e. The van der Waals surface area contributed by atoms with Gasteiger partial charge in [-0.25, -0.2) is 4.68 Å². The standard InChI is InChI=1S/C28H34Cl3N3O2.C2H6/c1-6-8-22-24(16(3)34(32-22)20-14-18(29)13-19(30)15-20)26-27(35)25(28(26)36-5)17-9-10-23(21(31)12-17)33(4)11-7-2;1-2/h9-10,12-15,25-28,35H,6-8,11H2,1-5H3;1-2H3. The molecule has 0 radical (unpaired) electrons. The maximum Gasteiger partial charge on any atom is 0.0759 e. The van der Waals surface area contributed by atoms with Crippen LogP contribution in [-0.4, -0.2) is 47.8 Å². The van der Waals surface area contributed by atoms with E-state index in [4.69, 9.17) is 44.6 Å². The second-order valence-corrected chi connectivity index (χ2v) is 10.9. The molecule has 4 rings (SSSR count). The molecule has 3 aromatic rings. The molecule has 1 aromatic heterocycles. The predicted molar refractivity (Wildman–Crippen MR) is 161 cm³/mol. The third kappa shape index (κ3) is 6.03. The molecule has 0 amide bonds. The fraction of sp³-hybridized carbons (Fsp3) is 0.500. The summed E-state index contributed by atoms with van der Waals surface area (Å²) in [5.74, 6) is -0.382. The van der Waals surface area contributed by atoms with Crippen LogP contribution in [0.3, 0.4) is 0 Å². The lowest BCUT2D eigenvalue weighted by atomic mass is 9.62. The van der Waals surface area contributed by atoms with E-state index in [9.17, 15) is 5.11 Å². The number of aromatic nitrogens is 2. The van der Waals surface area contributed by atoms with Crippen LogP contribution in [0.25, 0.3) is 5.69 Å². The van der Waals surface area contributed by atoms with Gasteiger partial charge in [-0.2, -0.15) is 5.10 Å². The highest BCUT2D eigenvalue weighted by Gasteiger charge is 2.53. The smallest absolute Gasteiger partial charge is 0.0759 e. The second kappa shape index (κ2) is 13.5. The Morgan fingerprint density at radius 3 is 2.21 bits per heavy atom. The molecule has 0 saturated heterocycles. The number of aliphatic hydroxyl groups is 1. The van der Waals surface area contributed by atoms with Gasteiger partial charge in [0.05, 0.1) is 34.3 Å². The van der Waals surface area contributed by atoms with E-state index in [-0.39, 0.29) is 17.9 Å². The number of benzene rings is 2. The van der Waals surface area contributed by atoms with Gasteiger partial charge in [0.2, 0.25) is 0 Å². The molecule has 8 heteroatoms. The maximum atomic E-state index is 11.5. The minimum atomic E-state index is -0.625. The van der Waals surface area contributed by atoms with Crippen LogP contribution < -0.4 is 4.90 Å². The van der Waals surface area contributed by atoms with Gasteiger partial charge in [0.25, 0.3) is 0 Å². The molecule has 1 aliphatic rings. The van der Waals surface area contributed by atoms with Gasteiger partial charge in [-0.05, 0) is 55.7 Å². The fourth-order valence-corrected chi connectivity index (χ4v) is 6.39. The third-order valence-corrected chi connectivity index (χ3v) is 7.93. The lowest BCUT2D eigenvalue weighted by molar-refractivity contribution is -0.0990. The van der Waals surface area contributed by atoms with Crippen LogP contribution in [0.5, 0.6) is 0 Å². The predicted octanol–water partition coefficient (Wildman–Crippen LogP) is 8.22. The van der Waals surface area contributed by atoms with Gasteiger partial charge in [0.1, 0.15) is 0 Å². The lowest BCUT2D eigenvalue weighted by Crippen LogP contribution is -2.53. The second-order valence-electron chi connectivity index (χ2n) is 9.61. The Morgan fingerprint density at radius 1 is 1.00 bits per heavy atom. The summed E-state index contributed by atoms with van der Waals surface area (Å²) >= 11 is 19.2. The molecular weight excluding hydrogens is 541 g/mol. The monoisotopic (exact) mass is 579 g/mol. The van der Waals surface area contributed by atoms with Crippen molar-refractivity contribution in [2.45, 2.75) is 77.9 Å². The number of rotatable bonds is 9. The topological polar surface area (TPSA) is 50.5 Å². The van der Waals surface area contributed by atoms with Gasteiger partial charge in [-0.1, -0.05) is 75.0 Å². The summed E-state index contributed by atoms with van der Waals surface area (Å²) < 4.78 is 7.87. The minimum absolute atomic E-state index is 0.180. The molecule has 1 fully saturated rings. The molecule has 1 saturated carbocycles. The van der Waals surface area contributed by atoms with Crippen molar-refractivity contribution in [1.82, 2.24) is 9.78 Å². The van der Waals surface area contributed by atoms with E-state index in [2.05, 4.69) is 24.8 Å². The van der Waals surface area contributed by atoms with Crippen LogP contribution in [0.15, 0.2) is 36.4 Å². The summed E-state index contributed by atoms with van der Waals surface area (Å²) in [6.45, 7) is 11.2. The van der Waals surface area contributed by atoms with Crippen molar-refractivity contribution in [3.8, 4) is 5.69 Å². The van der Waals surface area contributed by atoms with Crippen molar-refractivity contribution in [3.05, 3.63) is 74.0 Å². The highest BCUT2D eigenvalue weighted by molar-refractivity contribution is 6.35. The Kier molecular flexibility index (Phi) is 11.0. The average molecular weight is 581 g/mol. The van der Waals surface area contributed by atoms with E-state index in [1.165, 1.54) is 0 Å². The SMILES string of the molecule is CC.CCCc1nn(-c2cc(Cl)cc(Cl)c2)c(C)c1C1C(O)C(c2ccc(N(C)CCC)c(Cl)c2)C1OC. The van der Waals surface area contributed by atoms with E-state index >= 15 is 0 Å². The van der Waals surface area contributed by atoms with Gasteiger partial charge in [-0.3, -0.25) is 0 Å². The summed E-state index contributed by atoms with van der Waals surface area (Å²) in [6, 6.07) is 11.5. The van der Waals surface area contributed by atoms with Crippen LogP contribution in [0.4, 0.5) is 5.69 Å². The number of halogens is 3. The van der Waals surface area contributed by atoms with E-state index in [1.807, 2.05) is 56.8 Å². The van der Waals surface area contributed by atoms with Gasteiger partial charge in [-0.15, -0.1) is 0 Å². The molecule has 1 N–H and O–H groups in total. The normalized spacial score (nSPS) is 20.5. The number of methoxy groups -OCH3 is 1. The van der Waals surface area contributed by atoms with Gasteiger partial charge in [0, 0.05) is 53.8 Å². The largest absolute Gasteiger partial charge is 0.392 e. The Hall–Kier alpha value is -1.76. The molecular formula is C30H40Cl3N3O2. The zero-order valence-corrected chi connectivity index (χ0v) is 25.7. The van der Waals surface area contributed by atoms with Gasteiger partial charge < -0.3 is 14.7 Å². The lowest BCUT2D eigenvalue weighted by Gasteiger charge is -2.49. The fourth-order valence-electron chi connectivity index (χ4n) is 5.54. The summed E-state index contributed by atoms with van der Waals surface area (Å²) in [7, 11) is 3.75. The van der Waals surface area contributed by atoms with E-state index in [0.29, 0.717) is 15.1 Å². The first-order valence-electron chi connectivity index (χ1n) is 13.5. The number of hydrogen-bond donors (Lipinski definition) is 1. The van der Waals surface area contributed by atoms with Crippen molar-refractivity contribution in [2.75, 3.05) is 25.6 Å². The first-order chi connectivity index (χ1) is 18.2. The number of hydrogen-bond acceptors (Lipinski definition) is 4. The zero-order chi connectivity index (χ0) is 28.1. The highest BCUT2D eigenvalue weighted by Crippen LogP contribution is 2.52. The van der Waals surface area contributed by atoms with E-state index in [1.54, 1.807) is 13.2 Å². The van der Waals surface area contributed by atoms with Crippen LogP contribution in [0.2, 0.25) is 15.1 Å². The van der Waals surface area contributed by atoms with Crippen molar-refractivity contribution < 1.29 is 9.84 Å². The molecule has 4 unspecified atom stereocenters. The molecule has 1 aliphatic carbocycles. The summed E-state index contributed by atoms with van der Waals surface area (Å²) in [4.78, 5) is 2.15. The van der Waals surface area contributed by atoms with Crippen LogP contribution in [-0.2, 0) is 11.2 Å². The van der Waals surface area contributed by atoms with E-state index < -0.39 is 6.10 Å². The van der Waals surface area contributed by atoms with Crippen molar-refractivity contribution in [1.29, 1.82) is 0 Å². The van der Waals surface area contributed by atoms with Crippen molar-refractivity contribution in [3.63, 3.8) is 0 Å². The molecule has 208 valence electrons. The Labute approximate surface area is 242 Å². The summed E-state index contributed by atoms with van der Waals surface area (Å²) in [6.07, 6.45) is 1.95. The van der Waals surface area contributed by atoms with E-state index in [0.717, 1.165) is 59.7 Å². The number of nitrogens with zero attached hydrogens (tertiary/aromatic N) is 3. The van der Waals surface area contributed by atoms with Crippen molar-refractivity contribution >= 4 is 40.5 Å². The molecule has 5 nitrogen and oxygen atoms in total. The van der Waals surface area contributed by atoms with Crippen LogP contribution in [0.1, 0.15) is 74.9 Å². The third-order valence-electron chi connectivity index (χ3n) is 7.19. The molecule has 0 aliphatic heterocycles. The Bertz CT molecular complexity index is 1210. The van der Waals surface area contributed by atoms with Gasteiger partial charge >= 0.3 is 0 Å². The molecule has 4 atom stereocenters. The Morgan fingerprint density at radius 2 is 1.66 bits per heavy atom. The number of anilines is 1. The van der Waals surface area contributed by atoms with Gasteiger partial charge in [0.15, 0.2) is 0 Å². The zero-order valence-electron chi connectivity index (χ0n) is 23.4. The first kappa shape index (κ1) is 30.8. The Balaban J connectivity index is 0.00000195. The average Bonchev–Trinajstić information content (AvgIpc) is 3.19. The number of ether oxygens (including phenoxy) is 1. The van der Waals surface area contributed by atoms with Crippen LogP contribution >= 0.6 is 34.8 Å². The first-order valence-corrected chi connectivity index (χ1v) is 14.6. The summed E-state index contributed by atoms with van der Waals surface area (Å²) in [5, 5.41) is 18.2. The molecule has 38 heavy (non-hydrogen) atoms. The maximum absolute atomic E-state index is 11.5. The summed E-state index contributed by atoms with van der Waals surface area (Å²) in [5.41, 5.74) is 5.72. The molecule has 2 aromatic carbocycles. The number of aliphatic hydroxyl groups excluding tert-OH is 1. The van der Waals surface area contributed by atoms with Crippen molar-refractivity contribution in [2.24, 2.45) is 0 Å². The molecule has 0 bridgehead atoms.